The van der Waals surface area contributed by atoms with Crippen LogP contribution < -0.4 is 16.8 Å². The summed E-state index contributed by atoms with van der Waals surface area (Å²) in [6.45, 7) is 1.81. The maximum absolute atomic E-state index is 13.6. The molecule has 1 aliphatic rings. The molecule has 188 valence electrons. The lowest BCUT2D eigenvalue weighted by Crippen LogP contribution is -2.20. The third kappa shape index (κ3) is 4.80. The molecule has 0 radical (unpaired) electrons. The molecule has 5 N–H and O–H groups in total. The number of sulfone groups is 1. The number of nitrogen functional groups attached to an aromatic ring is 2. The van der Waals surface area contributed by atoms with Crippen molar-refractivity contribution in [1.82, 2.24) is 19.9 Å². The van der Waals surface area contributed by atoms with Gasteiger partial charge in [-0.15, -0.1) is 11.3 Å². The van der Waals surface area contributed by atoms with Crippen LogP contribution in [0, 0.1) is 24.5 Å². The second kappa shape index (κ2) is 9.21. The Morgan fingerprint density at radius 1 is 1.11 bits per heavy atom. The van der Waals surface area contributed by atoms with Crippen molar-refractivity contribution in [2.75, 3.05) is 22.5 Å². The normalized spacial score (nSPS) is 18.1. The first-order chi connectivity index (χ1) is 17.1. The number of rotatable bonds is 6. The van der Waals surface area contributed by atoms with Gasteiger partial charge in [-0.2, -0.15) is 4.98 Å². The zero-order valence-corrected chi connectivity index (χ0v) is 20.8. The Morgan fingerprint density at radius 3 is 2.58 bits per heavy atom. The van der Waals surface area contributed by atoms with Gasteiger partial charge in [0, 0.05) is 18.3 Å². The van der Waals surface area contributed by atoms with E-state index < -0.39 is 21.5 Å². The number of anilines is 3. The van der Waals surface area contributed by atoms with Crippen LogP contribution in [0.2, 0.25) is 0 Å². The molecule has 0 aliphatic heterocycles. The molecule has 1 unspecified atom stereocenters. The minimum atomic E-state index is -3.85. The molecule has 0 amide bonds. The number of nitrogens with zero attached hydrogens (tertiary/aromatic N) is 4. The first-order valence-corrected chi connectivity index (χ1v) is 13.7. The Morgan fingerprint density at radius 2 is 1.86 bits per heavy atom. The standard InChI is InChI=1S/C23H23F2N7O2S2/c1-11-18(22-31-19-17(35-22)4-5-28-20(19)26)21(32-23(27)29-11)30-15-3-2-12(6-15)10-36(33,34)16-8-13(24)7-14(25)9-16/h4-5,7-9,12,15H,2-3,6,10H2,1H3,(H2,26,28)(H3,27,29,30,32)/t12?,15-/m0/s1. The van der Waals surface area contributed by atoms with Crippen molar-refractivity contribution in [3.05, 3.63) is 47.8 Å². The number of thiazole rings is 1. The highest BCUT2D eigenvalue weighted by atomic mass is 32.2. The lowest BCUT2D eigenvalue weighted by atomic mass is 10.1. The number of benzene rings is 1. The molecule has 4 aromatic rings. The van der Waals surface area contributed by atoms with Crippen LogP contribution >= 0.6 is 11.3 Å². The second-order valence-electron chi connectivity index (χ2n) is 8.86. The number of fused-ring (bicyclic) bond motifs is 1. The largest absolute Gasteiger partial charge is 0.382 e. The molecule has 1 saturated carbocycles. The molecule has 3 aromatic heterocycles. The number of pyridine rings is 1. The molecule has 1 fully saturated rings. The predicted octanol–water partition coefficient (Wildman–Crippen LogP) is 3.95. The van der Waals surface area contributed by atoms with Crippen LogP contribution in [0.25, 0.3) is 20.8 Å². The molecule has 2 atom stereocenters. The van der Waals surface area contributed by atoms with Gasteiger partial charge in [0.25, 0.3) is 0 Å². The molecular weight excluding hydrogens is 508 g/mol. The predicted molar refractivity (Wildman–Crippen MR) is 135 cm³/mol. The molecule has 1 aromatic carbocycles. The van der Waals surface area contributed by atoms with Gasteiger partial charge < -0.3 is 16.8 Å². The minimum absolute atomic E-state index is 0.0805. The number of halogens is 2. The molecule has 0 bridgehead atoms. The number of hydrogen-bond donors (Lipinski definition) is 3. The third-order valence-corrected chi connectivity index (χ3v) is 9.09. The van der Waals surface area contributed by atoms with Crippen LogP contribution in [-0.2, 0) is 9.84 Å². The van der Waals surface area contributed by atoms with Gasteiger partial charge in [-0.05, 0) is 50.3 Å². The Labute approximate surface area is 209 Å². The van der Waals surface area contributed by atoms with E-state index in [-0.39, 0.29) is 28.6 Å². The summed E-state index contributed by atoms with van der Waals surface area (Å²) in [6, 6.07) is 4.10. The molecule has 1 aliphatic carbocycles. The van der Waals surface area contributed by atoms with Gasteiger partial charge in [0.2, 0.25) is 5.95 Å². The quantitative estimate of drug-likeness (QED) is 0.336. The summed E-state index contributed by atoms with van der Waals surface area (Å²) >= 11 is 1.43. The summed E-state index contributed by atoms with van der Waals surface area (Å²) < 4.78 is 53.6. The van der Waals surface area contributed by atoms with E-state index in [1.165, 1.54) is 11.3 Å². The zero-order chi connectivity index (χ0) is 25.6. The molecule has 0 saturated heterocycles. The second-order valence-corrected chi connectivity index (χ2v) is 11.9. The van der Waals surface area contributed by atoms with Crippen molar-refractivity contribution in [3.8, 4) is 10.6 Å². The van der Waals surface area contributed by atoms with Crippen LogP contribution in [0.4, 0.5) is 26.4 Å². The first-order valence-electron chi connectivity index (χ1n) is 11.2. The number of nitrogens with two attached hydrogens (primary N) is 2. The van der Waals surface area contributed by atoms with E-state index in [0.717, 1.165) is 16.8 Å². The number of hydrogen-bond acceptors (Lipinski definition) is 10. The van der Waals surface area contributed by atoms with E-state index in [1.807, 2.05) is 13.0 Å². The van der Waals surface area contributed by atoms with Crippen LogP contribution in [0.3, 0.4) is 0 Å². The van der Waals surface area contributed by atoms with Gasteiger partial charge in [0.05, 0.1) is 26.6 Å². The van der Waals surface area contributed by atoms with Crippen molar-refractivity contribution < 1.29 is 17.2 Å². The number of nitrogens with one attached hydrogen (secondary N) is 1. The topological polar surface area (TPSA) is 150 Å². The Balaban J connectivity index is 1.37. The lowest BCUT2D eigenvalue weighted by molar-refractivity contribution is 0.548. The molecule has 3 heterocycles. The fourth-order valence-corrected chi connectivity index (χ4v) is 7.37. The number of aromatic nitrogens is 4. The minimum Gasteiger partial charge on any atom is -0.382 e. The van der Waals surface area contributed by atoms with Gasteiger partial charge in [-0.1, -0.05) is 0 Å². The SMILES string of the molecule is Cc1nc(N)nc(N[C@H]2CCC(CS(=O)(=O)c3cc(F)cc(F)c3)C2)c1-c1nc2c(N)nccc2s1. The van der Waals surface area contributed by atoms with E-state index in [4.69, 9.17) is 11.5 Å². The fraction of sp³-hybridized carbons (Fsp3) is 0.304. The molecule has 13 heteroatoms. The Bertz CT molecular complexity index is 1560. The Kier molecular flexibility index (Phi) is 6.20. The number of aryl methyl sites for hydroxylation is 1. The molecule has 9 nitrogen and oxygen atoms in total. The monoisotopic (exact) mass is 531 g/mol. The average molecular weight is 532 g/mol. The van der Waals surface area contributed by atoms with Gasteiger partial charge in [-0.25, -0.2) is 32.2 Å². The molecule has 5 rings (SSSR count). The third-order valence-electron chi connectivity index (χ3n) is 6.19. The summed E-state index contributed by atoms with van der Waals surface area (Å²) in [5, 5.41) is 4.06. The summed E-state index contributed by atoms with van der Waals surface area (Å²) in [4.78, 5) is 17.1. The van der Waals surface area contributed by atoms with Gasteiger partial charge >= 0.3 is 0 Å². The molecular formula is C23H23F2N7O2S2. The summed E-state index contributed by atoms with van der Waals surface area (Å²) in [5.41, 5.74) is 13.8. The van der Waals surface area contributed by atoms with Crippen LogP contribution in [0.5, 0.6) is 0 Å². The maximum atomic E-state index is 13.6. The smallest absolute Gasteiger partial charge is 0.222 e. The summed E-state index contributed by atoms with van der Waals surface area (Å²) in [6.07, 6.45) is 3.48. The van der Waals surface area contributed by atoms with Crippen LogP contribution in [0.15, 0.2) is 35.4 Å². The van der Waals surface area contributed by atoms with E-state index in [1.54, 1.807) is 6.20 Å². The van der Waals surface area contributed by atoms with Gasteiger partial charge in [-0.3, -0.25) is 0 Å². The Hall–Kier alpha value is -3.45. The van der Waals surface area contributed by atoms with E-state index in [9.17, 15) is 17.2 Å². The summed E-state index contributed by atoms with van der Waals surface area (Å²) in [5.74, 6) is -1.28. The highest BCUT2D eigenvalue weighted by Gasteiger charge is 2.31. The molecule has 36 heavy (non-hydrogen) atoms. The fourth-order valence-electron chi connectivity index (χ4n) is 4.60. The van der Waals surface area contributed by atoms with Gasteiger partial charge in [0.15, 0.2) is 15.7 Å². The van der Waals surface area contributed by atoms with Gasteiger partial charge in [0.1, 0.15) is 28.0 Å². The van der Waals surface area contributed by atoms with Crippen molar-refractivity contribution in [3.63, 3.8) is 0 Å². The highest BCUT2D eigenvalue weighted by molar-refractivity contribution is 7.91. The first kappa shape index (κ1) is 24.3. The highest BCUT2D eigenvalue weighted by Crippen LogP contribution is 2.38. The van der Waals surface area contributed by atoms with E-state index in [0.29, 0.717) is 58.7 Å². The van der Waals surface area contributed by atoms with E-state index in [2.05, 4.69) is 25.3 Å². The van der Waals surface area contributed by atoms with E-state index >= 15 is 0 Å². The lowest BCUT2D eigenvalue weighted by Gasteiger charge is -2.17. The van der Waals surface area contributed by atoms with Crippen LogP contribution in [-0.4, -0.2) is 40.1 Å². The average Bonchev–Trinajstić information content (AvgIpc) is 3.40. The van der Waals surface area contributed by atoms with Crippen molar-refractivity contribution in [1.29, 1.82) is 0 Å². The van der Waals surface area contributed by atoms with Crippen molar-refractivity contribution in [2.45, 2.75) is 37.1 Å². The molecule has 0 spiro atoms. The van der Waals surface area contributed by atoms with Crippen molar-refractivity contribution in [2.24, 2.45) is 5.92 Å². The maximum Gasteiger partial charge on any atom is 0.222 e. The van der Waals surface area contributed by atoms with Crippen LogP contribution in [0.1, 0.15) is 25.0 Å². The van der Waals surface area contributed by atoms with Crippen molar-refractivity contribution >= 4 is 49.0 Å². The summed E-state index contributed by atoms with van der Waals surface area (Å²) in [7, 11) is -3.85. The zero-order valence-electron chi connectivity index (χ0n) is 19.2.